The second kappa shape index (κ2) is 6.10. The van der Waals surface area contributed by atoms with Gasteiger partial charge in [0, 0.05) is 24.2 Å². The summed E-state index contributed by atoms with van der Waals surface area (Å²) in [7, 11) is 1.67. The third-order valence-electron chi connectivity index (χ3n) is 3.73. The Morgan fingerprint density at radius 2 is 1.95 bits per heavy atom. The normalized spacial score (nSPS) is 14.2. The number of ether oxygens (including phenoxy) is 1. The zero-order chi connectivity index (χ0) is 14.7. The molecule has 2 heterocycles. The van der Waals surface area contributed by atoms with Crippen LogP contribution in [0.5, 0.6) is 5.88 Å². The van der Waals surface area contributed by atoms with Crippen LogP contribution in [0.15, 0.2) is 24.3 Å². The first kappa shape index (κ1) is 13.8. The number of anilines is 2. The van der Waals surface area contributed by atoms with Gasteiger partial charge in [0.25, 0.3) is 0 Å². The minimum atomic E-state index is 0.599. The summed E-state index contributed by atoms with van der Waals surface area (Å²) in [6, 6.07) is 8.11. The van der Waals surface area contributed by atoms with Gasteiger partial charge in [-0.25, -0.2) is 4.98 Å². The van der Waals surface area contributed by atoms with E-state index in [9.17, 15) is 0 Å². The average Bonchev–Trinajstić information content (AvgIpc) is 2.74. The first-order valence-corrected chi connectivity index (χ1v) is 7.25. The van der Waals surface area contributed by atoms with Gasteiger partial charge in [-0.05, 0) is 31.5 Å². The molecule has 110 valence electrons. The summed E-state index contributed by atoms with van der Waals surface area (Å²) < 4.78 is 5.46. The van der Waals surface area contributed by atoms with Gasteiger partial charge < -0.3 is 15.4 Å². The number of para-hydroxylation sites is 1. The van der Waals surface area contributed by atoms with Gasteiger partial charge in [0.05, 0.1) is 12.8 Å². The quantitative estimate of drug-likeness (QED) is 0.905. The Morgan fingerprint density at radius 3 is 2.76 bits per heavy atom. The van der Waals surface area contributed by atoms with Crippen molar-refractivity contribution in [2.45, 2.75) is 19.8 Å². The van der Waals surface area contributed by atoms with Crippen LogP contribution in [-0.2, 0) is 12.8 Å². The van der Waals surface area contributed by atoms with E-state index in [1.165, 1.54) is 0 Å². The number of nitrogens with one attached hydrogen (secondary N) is 2. The van der Waals surface area contributed by atoms with Crippen LogP contribution in [0.2, 0.25) is 0 Å². The third kappa shape index (κ3) is 2.97. The molecular weight excluding hydrogens is 264 g/mol. The SMILES string of the molecule is COc1nc(Nc2ccccc2C)nc2c1CCNCC2. The zero-order valence-corrected chi connectivity index (χ0v) is 12.4. The maximum atomic E-state index is 5.46. The summed E-state index contributed by atoms with van der Waals surface area (Å²) in [6.45, 7) is 3.95. The molecular formula is C16H20N4O. The van der Waals surface area contributed by atoms with Crippen LogP contribution in [0, 0.1) is 6.92 Å². The largest absolute Gasteiger partial charge is 0.481 e. The van der Waals surface area contributed by atoms with Crippen LogP contribution < -0.4 is 15.4 Å². The average molecular weight is 284 g/mol. The van der Waals surface area contributed by atoms with E-state index in [2.05, 4.69) is 33.6 Å². The molecule has 0 aliphatic carbocycles. The summed E-state index contributed by atoms with van der Waals surface area (Å²) in [4.78, 5) is 9.19. The Hall–Kier alpha value is -2.14. The van der Waals surface area contributed by atoms with Crippen molar-refractivity contribution in [2.75, 3.05) is 25.5 Å². The highest BCUT2D eigenvalue weighted by Crippen LogP contribution is 2.25. The molecule has 0 radical (unpaired) electrons. The molecule has 0 amide bonds. The van der Waals surface area contributed by atoms with Crippen LogP contribution >= 0.6 is 0 Å². The fourth-order valence-corrected chi connectivity index (χ4v) is 2.57. The van der Waals surface area contributed by atoms with Crippen molar-refractivity contribution < 1.29 is 4.74 Å². The van der Waals surface area contributed by atoms with Crippen molar-refractivity contribution in [3.8, 4) is 5.88 Å². The topological polar surface area (TPSA) is 59.1 Å². The van der Waals surface area contributed by atoms with Gasteiger partial charge in [-0.2, -0.15) is 4.98 Å². The second-order valence-corrected chi connectivity index (χ2v) is 5.17. The number of nitrogens with zero attached hydrogens (tertiary/aromatic N) is 2. The van der Waals surface area contributed by atoms with E-state index in [0.29, 0.717) is 11.8 Å². The molecule has 1 aromatic heterocycles. The molecule has 0 unspecified atom stereocenters. The Bertz CT molecular complexity index is 642. The van der Waals surface area contributed by atoms with E-state index >= 15 is 0 Å². The lowest BCUT2D eigenvalue weighted by Crippen LogP contribution is -2.16. The van der Waals surface area contributed by atoms with Crippen molar-refractivity contribution in [2.24, 2.45) is 0 Å². The van der Waals surface area contributed by atoms with Gasteiger partial charge in [-0.15, -0.1) is 0 Å². The smallest absolute Gasteiger partial charge is 0.230 e. The van der Waals surface area contributed by atoms with E-state index < -0.39 is 0 Å². The van der Waals surface area contributed by atoms with Gasteiger partial charge >= 0.3 is 0 Å². The van der Waals surface area contributed by atoms with Crippen LogP contribution in [-0.4, -0.2) is 30.2 Å². The van der Waals surface area contributed by atoms with E-state index in [1.54, 1.807) is 7.11 Å². The fraction of sp³-hybridized carbons (Fsp3) is 0.375. The molecule has 0 spiro atoms. The number of fused-ring (bicyclic) bond motifs is 1. The van der Waals surface area contributed by atoms with Crippen molar-refractivity contribution in [1.29, 1.82) is 0 Å². The molecule has 1 aromatic carbocycles. The first-order chi connectivity index (χ1) is 10.3. The minimum absolute atomic E-state index is 0.599. The van der Waals surface area contributed by atoms with Crippen molar-refractivity contribution in [1.82, 2.24) is 15.3 Å². The number of hydrogen-bond acceptors (Lipinski definition) is 5. The molecule has 0 saturated heterocycles. The Morgan fingerprint density at radius 1 is 1.14 bits per heavy atom. The van der Waals surface area contributed by atoms with Crippen LogP contribution in [0.1, 0.15) is 16.8 Å². The van der Waals surface area contributed by atoms with E-state index in [0.717, 1.165) is 48.4 Å². The highest BCUT2D eigenvalue weighted by molar-refractivity contribution is 5.58. The van der Waals surface area contributed by atoms with Crippen LogP contribution in [0.25, 0.3) is 0 Å². The summed E-state index contributed by atoms with van der Waals surface area (Å²) in [5.74, 6) is 1.28. The highest BCUT2D eigenvalue weighted by atomic mass is 16.5. The van der Waals surface area contributed by atoms with Gasteiger partial charge in [0.2, 0.25) is 11.8 Å². The Balaban J connectivity index is 1.96. The second-order valence-electron chi connectivity index (χ2n) is 5.17. The number of aromatic nitrogens is 2. The zero-order valence-electron chi connectivity index (χ0n) is 12.4. The fourth-order valence-electron chi connectivity index (χ4n) is 2.57. The monoisotopic (exact) mass is 284 g/mol. The van der Waals surface area contributed by atoms with E-state index in [1.807, 2.05) is 18.2 Å². The van der Waals surface area contributed by atoms with Gasteiger partial charge in [0.1, 0.15) is 0 Å². The molecule has 0 fully saturated rings. The molecule has 0 atom stereocenters. The molecule has 0 saturated carbocycles. The van der Waals surface area contributed by atoms with E-state index in [4.69, 9.17) is 4.74 Å². The summed E-state index contributed by atoms with van der Waals surface area (Å²) in [5.41, 5.74) is 4.38. The maximum Gasteiger partial charge on any atom is 0.230 e. The lowest BCUT2D eigenvalue weighted by molar-refractivity contribution is 0.391. The van der Waals surface area contributed by atoms with Crippen molar-refractivity contribution in [3.05, 3.63) is 41.1 Å². The maximum absolute atomic E-state index is 5.46. The molecule has 2 aromatic rings. The highest BCUT2D eigenvalue weighted by Gasteiger charge is 2.17. The standard InChI is InChI=1S/C16H20N4O/c1-11-5-3-4-6-13(11)18-16-19-14-8-10-17-9-7-12(14)15(20-16)21-2/h3-6,17H,7-10H2,1-2H3,(H,18,19,20). The van der Waals surface area contributed by atoms with Gasteiger partial charge in [0.15, 0.2) is 0 Å². The number of hydrogen-bond donors (Lipinski definition) is 2. The molecule has 3 rings (SSSR count). The number of benzene rings is 1. The first-order valence-electron chi connectivity index (χ1n) is 7.25. The molecule has 2 N–H and O–H groups in total. The minimum Gasteiger partial charge on any atom is -0.481 e. The Kier molecular flexibility index (Phi) is 4.01. The molecule has 5 nitrogen and oxygen atoms in total. The molecule has 1 aliphatic rings. The number of aryl methyl sites for hydroxylation is 1. The van der Waals surface area contributed by atoms with E-state index in [-0.39, 0.29) is 0 Å². The van der Waals surface area contributed by atoms with Crippen LogP contribution in [0.3, 0.4) is 0 Å². The summed E-state index contributed by atoms with van der Waals surface area (Å²) in [5, 5.41) is 6.67. The molecule has 0 bridgehead atoms. The van der Waals surface area contributed by atoms with Gasteiger partial charge in [-0.1, -0.05) is 18.2 Å². The molecule has 21 heavy (non-hydrogen) atoms. The predicted octanol–water partition coefficient (Wildman–Crippen LogP) is 2.23. The molecule has 5 heteroatoms. The molecule has 1 aliphatic heterocycles. The van der Waals surface area contributed by atoms with Crippen LogP contribution in [0.4, 0.5) is 11.6 Å². The summed E-state index contributed by atoms with van der Waals surface area (Å²) in [6.07, 6.45) is 1.81. The van der Waals surface area contributed by atoms with Gasteiger partial charge in [-0.3, -0.25) is 0 Å². The lowest BCUT2D eigenvalue weighted by atomic mass is 10.1. The lowest BCUT2D eigenvalue weighted by Gasteiger charge is -2.13. The predicted molar refractivity (Wildman–Crippen MR) is 83.3 cm³/mol. The Labute approximate surface area is 124 Å². The number of methoxy groups -OCH3 is 1. The number of rotatable bonds is 3. The third-order valence-corrected chi connectivity index (χ3v) is 3.73. The van der Waals surface area contributed by atoms with Crippen molar-refractivity contribution in [3.63, 3.8) is 0 Å². The summed E-state index contributed by atoms with van der Waals surface area (Å²) >= 11 is 0. The van der Waals surface area contributed by atoms with Crippen molar-refractivity contribution >= 4 is 11.6 Å².